The molecule has 0 aromatic carbocycles. The fourth-order valence-corrected chi connectivity index (χ4v) is 2.93. The van der Waals surface area contributed by atoms with Crippen LogP contribution in [-0.2, 0) is 4.74 Å². The van der Waals surface area contributed by atoms with Gasteiger partial charge in [0, 0.05) is 25.3 Å². The van der Waals surface area contributed by atoms with E-state index < -0.39 is 0 Å². The number of aromatic nitrogens is 1. The average Bonchev–Trinajstić information content (AvgIpc) is 2.93. The SMILES string of the molecule is N#Cc1ccnc(NCC2CN3CCCC3CO2)c1N. The van der Waals surface area contributed by atoms with E-state index in [1.54, 1.807) is 12.3 Å². The zero-order chi connectivity index (χ0) is 13.9. The fraction of sp³-hybridized carbons (Fsp3) is 0.571. The van der Waals surface area contributed by atoms with Gasteiger partial charge >= 0.3 is 0 Å². The molecule has 106 valence electrons. The summed E-state index contributed by atoms with van der Waals surface area (Å²) in [4.78, 5) is 6.68. The Labute approximate surface area is 118 Å². The Bertz CT molecular complexity index is 527. The van der Waals surface area contributed by atoms with Crippen LogP contribution in [0.25, 0.3) is 0 Å². The maximum atomic E-state index is 8.95. The lowest BCUT2D eigenvalue weighted by Crippen LogP contribution is -2.48. The number of hydrogen-bond acceptors (Lipinski definition) is 6. The van der Waals surface area contributed by atoms with Gasteiger partial charge in [-0.05, 0) is 25.5 Å². The predicted molar refractivity (Wildman–Crippen MR) is 76.2 cm³/mol. The minimum Gasteiger partial charge on any atom is -0.395 e. The van der Waals surface area contributed by atoms with E-state index in [0.29, 0.717) is 29.7 Å². The molecule has 2 saturated heterocycles. The zero-order valence-corrected chi connectivity index (χ0v) is 11.4. The van der Waals surface area contributed by atoms with Crippen LogP contribution in [0.4, 0.5) is 11.5 Å². The van der Waals surface area contributed by atoms with E-state index in [1.807, 2.05) is 0 Å². The molecule has 2 aliphatic rings. The number of pyridine rings is 1. The Morgan fingerprint density at radius 2 is 2.50 bits per heavy atom. The van der Waals surface area contributed by atoms with Gasteiger partial charge in [-0.1, -0.05) is 0 Å². The Hall–Kier alpha value is -1.84. The molecule has 0 aliphatic carbocycles. The van der Waals surface area contributed by atoms with E-state index in [4.69, 9.17) is 15.7 Å². The highest BCUT2D eigenvalue weighted by Crippen LogP contribution is 2.23. The van der Waals surface area contributed by atoms with E-state index in [9.17, 15) is 0 Å². The lowest BCUT2D eigenvalue weighted by molar-refractivity contribution is -0.0415. The van der Waals surface area contributed by atoms with Gasteiger partial charge in [0.2, 0.25) is 0 Å². The Balaban J connectivity index is 1.59. The van der Waals surface area contributed by atoms with Crippen LogP contribution in [0.15, 0.2) is 12.3 Å². The largest absolute Gasteiger partial charge is 0.395 e. The Morgan fingerprint density at radius 3 is 3.35 bits per heavy atom. The highest BCUT2D eigenvalue weighted by atomic mass is 16.5. The lowest BCUT2D eigenvalue weighted by atomic mass is 10.2. The molecule has 3 rings (SSSR count). The number of nitrogens with zero attached hydrogens (tertiary/aromatic N) is 3. The molecule has 2 fully saturated rings. The number of fused-ring (bicyclic) bond motifs is 1. The van der Waals surface area contributed by atoms with Crippen LogP contribution in [0.2, 0.25) is 0 Å². The molecule has 0 bridgehead atoms. The Morgan fingerprint density at radius 1 is 1.60 bits per heavy atom. The molecule has 0 radical (unpaired) electrons. The predicted octanol–water partition coefficient (Wildman–Crippen LogP) is 0.811. The normalized spacial score (nSPS) is 25.9. The molecule has 2 aliphatic heterocycles. The van der Waals surface area contributed by atoms with Gasteiger partial charge in [-0.25, -0.2) is 4.98 Å². The topological polar surface area (TPSA) is 87.2 Å². The molecule has 6 heteroatoms. The van der Waals surface area contributed by atoms with Gasteiger partial charge in [0.15, 0.2) is 5.82 Å². The van der Waals surface area contributed by atoms with E-state index >= 15 is 0 Å². The van der Waals surface area contributed by atoms with E-state index in [-0.39, 0.29) is 6.10 Å². The number of ether oxygens (including phenoxy) is 1. The second-order valence-corrected chi connectivity index (χ2v) is 5.36. The summed E-state index contributed by atoms with van der Waals surface area (Å²) in [6.07, 6.45) is 4.26. The summed E-state index contributed by atoms with van der Waals surface area (Å²) in [6.45, 7) is 3.60. The van der Waals surface area contributed by atoms with Crippen molar-refractivity contribution in [2.75, 3.05) is 37.3 Å². The van der Waals surface area contributed by atoms with Crippen LogP contribution in [0.1, 0.15) is 18.4 Å². The van der Waals surface area contributed by atoms with Crippen LogP contribution in [-0.4, -0.2) is 48.3 Å². The first-order chi connectivity index (χ1) is 9.78. The molecule has 2 atom stereocenters. The molecular weight excluding hydrogens is 254 g/mol. The number of morpholine rings is 1. The van der Waals surface area contributed by atoms with Crippen molar-refractivity contribution in [3.05, 3.63) is 17.8 Å². The van der Waals surface area contributed by atoms with Crippen molar-refractivity contribution < 1.29 is 4.74 Å². The molecule has 0 spiro atoms. The molecule has 20 heavy (non-hydrogen) atoms. The van der Waals surface area contributed by atoms with Gasteiger partial charge in [0.1, 0.15) is 6.07 Å². The second-order valence-electron chi connectivity index (χ2n) is 5.36. The molecule has 3 heterocycles. The summed E-state index contributed by atoms with van der Waals surface area (Å²) in [7, 11) is 0. The summed E-state index contributed by atoms with van der Waals surface area (Å²) < 4.78 is 5.87. The van der Waals surface area contributed by atoms with E-state index in [2.05, 4.69) is 21.3 Å². The summed E-state index contributed by atoms with van der Waals surface area (Å²) >= 11 is 0. The summed E-state index contributed by atoms with van der Waals surface area (Å²) in [5, 5.41) is 12.1. The van der Waals surface area contributed by atoms with Crippen LogP contribution >= 0.6 is 0 Å². The number of anilines is 2. The fourth-order valence-electron chi connectivity index (χ4n) is 2.93. The molecular formula is C14H19N5O. The minimum atomic E-state index is 0.149. The third-order valence-corrected chi connectivity index (χ3v) is 4.07. The molecule has 1 aromatic rings. The van der Waals surface area contributed by atoms with Gasteiger partial charge < -0.3 is 15.8 Å². The molecule has 0 saturated carbocycles. The molecule has 2 unspecified atom stereocenters. The van der Waals surface area contributed by atoms with Crippen LogP contribution in [0.5, 0.6) is 0 Å². The summed E-state index contributed by atoms with van der Waals surface area (Å²) in [5.41, 5.74) is 6.75. The zero-order valence-electron chi connectivity index (χ0n) is 11.4. The highest BCUT2D eigenvalue weighted by Gasteiger charge is 2.32. The number of nitrogen functional groups attached to an aromatic ring is 1. The first kappa shape index (κ1) is 13.2. The average molecular weight is 273 g/mol. The Kier molecular flexibility index (Phi) is 3.72. The van der Waals surface area contributed by atoms with Gasteiger partial charge in [-0.15, -0.1) is 0 Å². The maximum Gasteiger partial charge on any atom is 0.150 e. The van der Waals surface area contributed by atoms with Crippen molar-refractivity contribution in [3.63, 3.8) is 0 Å². The summed E-state index contributed by atoms with van der Waals surface area (Å²) in [6, 6.07) is 4.28. The van der Waals surface area contributed by atoms with Gasteiger partial charge in [0.05, 0.1) is 24.0 Å². The van der Waals surface area contributed by atoms with Gasteiger partial charge in [-0.2, -0.15) is 5.26 Å². The van der Waals surface area contributed by atoms with Crippen molar-refractivity contribution in [3.8, 4) is 6.07 Å². The van der Waals surface area contributed by atoms with Gasteiger partial charge in [0.25, 0.3) is 0 Å². The van der Waals surface area contributed by atoms with Crippen molar-refractivity contribution in [2.45, 2.75) is 25.0 Å². The number of nitriles is 1. The smallest absolute Gasteiger partial charge is 0.150 e. The number of hydrogen-bond donors (Lipinski definition) is 2. The minimum absolute atomic E-state index is 0.149. The molecule has 6 nitrogen and oxygen atoms in total. The van der Waals surface area contributed by atoms with Crippen molar-refractivity contribution in [1.82, 2.24) is 9.88 Å². The quantitative estimate of drug-likeness (QED) is 0.847. The lowest BCUT2D eigenvalue weighted by Gasteiger charge is -2.35. The third-order valence-electron chi connectivity index (χ3n) is 4.07. The number of nitrogens with one attached hydrogen (secondary N) is 1. The molecule has 3 N–H and O–H groups in total. The molecule has 1 aromatic heterocycles. The highest BCUT2D eigenvalue weighted by molar-refractivity contribution is 5.68. The maximum absolute atomic E-state index is 8.95. The first-order valence-electron chi connectivity index (χ1n) is 7.02. The van der Waals surface area contributed by atoms with Gasteiger partial charge in [-0.3, -0.25) is 4.90 Å². The van der Waals surface area contributed by atoms with Crippen LogP contribution in [0.3, 0.4) is 0 Å². The van der Waals surface area contributed by atoms with Crippen molar-refractivity contribution in [2.24, 2.45) is 0 Å². The van der Waals surface area contributed by atoms with E-state index in [1.165, 1.54) is 19.4 Å². The first-order valence-corrected chi connectivity index (χ1v) is 7.02. The van der Waals surface area contributed by atoms with Crippen LogP contribution < -0.4 is 11.1 Å². The summed E-state index contributed by atoms with van der Waals surface area (Å²) in [5.74, 6) is 0.566. The number of rotatable bonds is 3. The van der Waals surface area contributed by atoms with Crippen molar-refractivity contribution in [1.29, 1.82) is 5.26 Å². The monoisotopic (exact) mass is 273 g/mol. The van der Waals surface area contributed by atoms with Crippen molar-refractivity contribution >= 4 is 11.5 Å². The van der Waals surface area contributed by atoms with E-state index in [0.717, 1.165) is 13.2 Å². The second kappa shape index (κ2) is 5.65. The molecule has 0 amide bonds. The number of nitrogens with two attached hydrogens (primary N) is 1. The standard InChI is InChI=1S/C14H19N5O/c15-6-10-3-4-17-14(13(10)16)18-7-12-8-19-5-1-2-11(19)9-20-12/h3-4,11-12H,1-2,5,7-9,16H2,(H,17,18). The van der Waals surface area contributed by atoms with Crippen LogP contribution in [0, 0.1) is 11.3 Å². The third kappa shape index (κ3) is 2.55.